The summed E-state index contributed by atoms with van der Waals surface area (Å²) in [6, 6.07) is 8.98. The molecule has 0 spiro atoms. The van der Waals surface area contributed by atoms with E-state index >= 15 is 0 Å². The van der Waals surface area contributed by atoms with E-state index in [1.54, 1.807) is 0 Å². The third-order valence-corrected chi connectivity index (χ3v) is 6.45. The number of aliphatic hydroxyl groups is 1. The molecule has 10 nitrogen and oxygen atoms in total. The number of benzene rings is 1. The van der Waals surface area contributed by atoms with E-state index in [1.807, 2.05) is 0 Å². The van der Waals surface area contributed by atoms with Crippen molar-refractivity contribution >= 4 is 0 Å². The van der Waals surface area contributed by atoms with Crippen LogP contribution in [0, 0.1) is 5.41 Å². The summed E-state index contributed by atoms with van der Waals surface area (Å²) in [5.74, 6) is 0. The molecule has 44 heavy (non-hydrogen) atoms. The summed E-state index contributed by atoms with van der Waals surface area (Å²) < 4.78 is 49.1. The Labute approximate surface area is 266 Å². The van der Waals surface area contributed by atoms with Crippen LogP contribution in [0.4, 0.5) is 0 Å². The van der Waals surface area contributed by atoms with Gasteiger partial charge in [-0.25, -0.2) is 0 Å². The van der Waals surface area contributed by atoms with E-state index in [1.165, 1.54) is 11.1 Å². The van der Waals surface area contributed by atoms with Crippen molar-refractivity contribution in [1.29, 1.82) is 0 Å². The van der Waals surface area contributed by atoms with Gasteiger partial charge in [-0.05, 0) is 34.8 Å². The van der Waals surface area contributed by atoms with Crippen LogP contribution in [0.3, 0.4) is 0 Å². The SMILES string of the molecule is CC(C)(C)CC(C)(C)c1ccc(CCOCCOCCOCCOCCOCCOCCOCCOCCOCCO)cc1. The standard InChI is InChI=1S/C34H62O10/c1-33(2,3)30-34(4,5)32-8-6-31(7-9-32)10-12-36-14-16-38-18-20-40-22-24-42-26-28-44-29-27-43-25-23-41-21-19-39-17-15-37-13-11-35/h6-9,35H,10-30H2,1-5H3. The Bertz CT molecular complexity index is 751. The number of hydrogen-bond donors (Lipinski definition) is 1. The van der Waals surface area contributed by atoms with Crippen LogP contribution < -0.4 is 0 Å². The molecule has 1 rings (SSSR count). The molecule has 0 saturated carbocycles. The van der Waals surface area contributed by atoms with Crippen molar-refractivity contribution < 1.29 is 47.7 Å². The zero-order chi connectivity index (χ0) is 32.2. The summed E-state index contributed by atoms with van der Waals surface area (Å²) in [5.41, 5.74) is 3.16. The number of aliphatic hydroxyl groups excluding tert-OH is 1. The van der Waals surface area contributed by atoms with Gasteiger partial charge in [-0.1, -0.05) is 58.9 Å². The molecule has 258 valence electrons. The molecule has 0 aliphatic carbocycles. The average Bonchev–Trinajstić information content (AvgIpc) is 2.97. The lowest BCUT2D eigenvalue weighted by molar-refractivity contribution is -0.0254. The van der Waals surface area contributed by atoms with E-state index in [0.717, 1.165) is 12.8 Å². The first kappa shape index (κ1) is 40.8. The largest absolute Gasteiger partial charge is 0.394 e. The van der Waals surface area contributed by atoms with Crippen molar-refractivity contribution in [3.8, 4) is 0 Å². The van der Waals surface area contributed by atoms with Crippen molar-refractivity contribution in [2.24, 2.45) is 5.41 Å². The smallest absolute Gasteiger partial charge is 0.0701 e. The lowest BCUT2D eigenvalue weighted by atomic mass is 9.72. The molecule has 0 aliphatic heterocycles. The maximum Gasteiger partial charge on any atom is 0.0701 e. The summed E-state index contributed by atoms with van der Waals surface area (Å²) in [6.45, 7) is 21.0. The summed E-state index contributed by atoms with van der Waals surface area (Å²) in [7, 11) is 0. The highest BCUT2D eigenvalue weighted by Gasteiger charge is 2.27. The molecule has 0 saturated heterocycles. The monoisotopic (exact) mass is 630 g/mol. The second kappa shape index (κ2) is 27.0. The molecule has 0 atom stereocenters. The van der Waals surface area contributed by atoms with Gasteiger partial charge in [0.15, 0.2) is 0 Å². The highest BCUT2D eigenvalue weighted by atomic mass is 16.6. The molecule has 0 unspecified atom stereocenters. The van der Waals surface area contributed by atoms with Crippen LogP contribution in [-0.2, 0) is 54.5 Å². The topological polar surface area (TPSA) is 103 Å². The highest BCUT2D eigenvalue weighted by molar-refractivity contribution is 5.28. The second-order valence-electron chi connectivity index (χ2n) is 12.3. The minimum atomic E-state index is 0.0290. The first-order chi connectivity index (χ1) is 21.2. The first-order valence-corrected chi connectivity index (χ1v) is 16.1. The maximum atomic E-state index is 8.58. The van der Waals surface area contributed by atoms with Crippen molar-refractivity contribution in [2.75, 3.05) is 126 Å². The maximum absolute atomic E-state index is 8.58. The van der Waals surface area contributed by atoms with Gasteiger partial charge in [0.25, 0.3) is 0 Å². The molecule has 1 N–H and O–H groups in total. The Balaban J connectivity index is 1.78. The van der Waals surface area contributed by atoms with E-state index in [-0.39, 0.29) is 12.0 Å². The summed E-state index contributed by atoms with van der Waals surface area (Å²) in [6.07, 6.45) is 2.05. The Morgan fingerprint density at radius 2 is 0.727 bits per heavy atom. The van der Waals surface area contributed by atoms with Gasteiger partial charge >= 0.3 is 0 Å². The van der Waals surface area contributed by atoms with Crippen LogP contribution in [0.2, 0.25) is 0 Å². The third kappa shape index (κ3) is 25.1. The van der Waals surface area contributed by atoms with Gasteiger partial charge in [0, 0.05) is 0 Å². The Kier molecular flexibility index (Phi) is 25.0. The van der Waals surface area contributed by atoms with Crippen LogP contribution in [-0.4, -0.2) is 131 Å². The van der Waals surface area contributed by atoms with E-state index in [0.29, 0.717) is 124 Å². The number of rotatable bonds is 31. The molecule has 1 aromatic carbocycles. The van der Waals surface area contributed by atoms with E-state index in [2.05, 4.69) is 58.9 Å². The van der Waals surface area contributed by atoms with Gasteiger partial charge in [-0.2, -0.15) is 0 Å². The van der Waals surface area contributed by atoms with Crippen molar-refractivity contribution in [2.45, 2.75) is 52.9 Å². The van der Waals surface area contributed by atoms with Gasteiger partial charge in [0.2, 0.25) is 0 Å². The number of ether oxygens (including phenoxy) is 9. The van der Waals surface area contributed by atoms with Crippen LogP contribution >= 0.6 is 0 Å². The van der Waals surface area contributed by atoms with E-state index in [4.69, 9.17) is 47.7 Å². The lowest BCUT2D eigenvalue weighted by Crippen LogP contribution is -2.24. The average molecular weight is 631 g/mol. The lowest BCUT2D eigenvalue weighted by Gasteiger charge is -2.33. The molecular formula is C34H62O10. The highest BCUT2D eigenvalue weighted by Crippen LogP contribution is 2.36. The van der Waals surface area contributed by atoms with Gasteiger partial charge in [0.1, 0.15) is 0 Å². The van der Waals surface area contributed by atoms with Crippen molar-refractivity contribution in [1.82, 2.24) is 0 Å². The molecule has 1 aromatic rings. The quantitative estimate of drug-likeness (QED) is 0.121. The molecular weight excluding hydrogens is 568 g/mol. The van der Waals surface area contributed by atoms with Crippen molar-refractivity contribution in [3.05, 3.63) is 35.4 Å². The zero-order valence-corrected chi connectivity index (χ0v) is 28.3. The minimum absolute atomic E-state index is 0.0290. The van der Waals surface area contributed by atoms with Gasteiger partial charge in [-0.3, -0.25) is 0 Å². The molecule has 0 aromatic heterocycles. The fraction of sp³-hybridized carbons (Fsp3) is 0.824. The zero-order valence-electron chi connectivity index (χ0n) is 28.3. The molecule has 0 heterocycles. The van der Waals surface area contributed by atoms with E-state index < -0.39 is 0 Å². The summed E-state index contributed by atoms with van der Waals surface area (Å²) >= 11 is 0. The van der Waals surface area contributed by atoms with Crippen LogP contribution in [0.25, 0.3) is 0 Å². The first-order valence-electron chi connectivity index (χ1n) is 16.1. The van der Waals surface area contributed by atoms with Crippen LogP contribution in [0.5, 0.6) is 0 Å². The predicted molar refractivity (Wildman–Crippen MR) is 172 cm³/mol. The van der Waals surface area contributed by atoms with Crippen LogP contribution in [0.1, 0.15) is 52.2 Å². The normalized spacial score (nSPS) is 12.3. The molecule has 0 bridgehead atoms. The molecule has 10 heteroatoms. The Hall–Kier alpha value is -1.18. The predicted octanol–water partition coefficient (Wildman–Crippen LogP) is 4.08. The van der Waals surface area contributed by atoms with Crippen molar-refractivity contribution in [3.63, 3.8) is 0 Å². The summed E-state index contributed by atoms with van der Waals surface area (Å²) in [5, 5.41) is 8.58. The Morgan fingerprint density at radius 3 is 1.02 bits per heavy atom. The van der Waals surface area contributed by atoms with Gasteiger partial charge in [0.05, 0.1) is 126 Å². The fourth-order valence-corrected chi connectivity index (χ4v) is 4.67. The Morgan fingerprint density at radius 1 is 0.432 bits per heavy atom. The van der Waals surface area contributed by atoms with Gasteiger partial charge < -0.3 is 47.7 Å². The second-order valence-corrected chi connectivity index (χ2v) is 12.3. The molecule has 0 aliphatic rings. The molecule has 0 radical (unpaired) electrons. The number of hydrogen-bond acceptors (Lipinski definition) is 10. The fourth-order valence-electron chi connectivity index (χ4n) is 4.67. The molecule has 0 fully saturated rings. The van der Waals surface area contributed by atoms with Gasteiger partial charge in [-0.15, -0.1) is 0 Å². The van der Waals surface area contributed by atoms with E-state index in [9.17, 15) is 0 Å². The minimum Gasteiger partial charge on any atom is -0.394 e. The van der Waals surface area contributed by atoms with Crippen LogP contribution in [0.15, 0.2) is 24.3 Å². The summed E-state index contributed by atoms with van der Waals surface area (Å²) in [4.78, 5) is 0. The molecule has 0 amide bonds. The third-order valence-electron chi connectivity index (χ3n) is 6.45.